The van der Waals surface area contributed by atoms with E-state index < -0.39 is 17.9 Å². The fourth-order valence-electron chi connectivity index (χ4n) is 3.60. The molecule has 0 aromatic heterocycles. The van der Waals surface area contributed by atoms with E-state index in [4.69, 9.17) is 4.74 Å². The number of carboxylic acids is 1. The number of esters is 1. The number of hydrogen-bond acceptors (Lipinski definition) is 3. The van der Waals surface area contributed by atoms with Crippen molar-refractivity contribution in [2.24, 2.45) is 5.92 Å². The quantitative estimate of drug-likeness (QED) is 0.119. The number of carbonyl (C=O) groups is 2. The van der Waals surface area contributed by atoms with E-state index in [1.807, 2.05) is 6.92 Å². The zero-order valence-corrected chi connectivity index (χ0v) is 19.6. The van der Waals surface area contributed by atoms with Crippen LogP contribution in [-0.2, 0) is 14.3 Å². The van der Waals surface area contributed by atoms with Crippen LogP contribution in [0.4, 0.5) is 0 Å². The zero-order valence-electron chi connectivity index (χ0n) is 19.6. The van der Waals surface area contributed by atoms with E-state index in [0.29, 0.717) is 12.8 Å². The SMILES string of the molecule is CCCCCCCCCCCCCCCCCCC(C(=O)O)C(=O)OC(C)CC. The van der Waals surface area contributed by atoms with Gasteiger partial charge < -0.3 is 9.84 Å². The van der Waals surface area contributed by atoms with Crippen LogP contribution in [-0.4, -0.2) is 23.1 Å². The van der Waals surface area contributed by atoms with Gasteiger partial charge in [-0.25, -0.2) is 0 Å². The molecule has 0 rings (SSSR count). The maximum Gasteiger partial charge on any atom is 0.320 e. The Morgan fingerprint density at radius 2 is 1.07 bits per heavy atom. The van der Waals surface area contributed by atoms with Crippen LogP contribution in [0.15, 0.2) is 0 Å². The molecule has 29 heavy (non-hydrogen) atoms. The van der Waals surface area contributed by atoms with Crippen molar-refractivity contribution in [3.05, 3.63) is 0 Å². The third-order valence-corrected chi connectivity index (χ3v) is 5.82. The van der Waals surface area contributed by atoms with E-state index in [1.54, 1.807) is 6.92 Å². The normalized spacial score (nSPS) is 13.2. The summed E-state index contributed by atoms with van der Waals surface area (Å²) in [4.78, 5) is 23.2. The third kappa shape index (κ3) is 17.5. The van der Waals surface area contributed by atoms with Gasteiger partial charge in [-0.2, -0.15) is 0 Å². The molecule has 0 aromatic carbocycles. The average Bonchev–Trinajstić information content (AvgIpc) is 2.69. The first-order valence-corrected chi connectivity index (χ1v) is 12.5. The molecule has 172 valence electrons. The lowest BCUT2D eigenvalue weighted by molar-refractivity contribution is -0.162. The molecule has 0 aliphatic rings. The maximum atomic E-state index is 11.9. The number of hydrogen-bond donors (Lipinski definition) is 1. The highest BCUT2D eigenvalue weighted by molar-refractivity contribution is 5.93. The van der Waals surface area contributed by atoms with Crippen molar-refractivity contribution in [2.75, 3.05) is 0 Å². The minimum Gasteiger partial charge on any atom is -0.481 e. The Bertz CT molecular complexity index is 394. The Morgan fingerprint density at radius 1 is 0.690 bits per heavy atom. The smallest absolute Gasteiger partial charge is 0.320 e. The summed E-state index contributed by atoms with van der Waals surface area (Å²) in [5.41, 5.74) is 0. The van der Waals surface area contributed by atoms with Crippen LogP contribution >= 0.6 is 0 Å². The third-order valence-electron chi connectivity index (χ3n) is 5.82. The molecule has 0 amide bonds. The Morgan fingerprint density at radius 3 is 1.41 bits per heavy atom. The minimum atomic E-state index is -1.06. The monoisotopic (exact) mass is 412 g/mol. The molecule has 4 nitrogen and oxygen atoms in total. The fraction of sp³-hybridized carbons (Fsp3) is 0.920. The van der Waals surface area contributed by atoms with E-state index in [0.717, 1.165) is 19.3 Å². The van der Waals surface area contributed by atoms with Crippen molar-refractivity contribution in [3.63, 3.8) is 0 Å². The summed E-state index contributed by atoms with van der Waals surface area (Å²) in [5, 5.41) is 9.25. The van der Waals surface area contributed by atoms with Crippen molar-refractivity contribution in [2.45, 2.75) is 142 Å². The Labute approximate surface area is 180 Å². The minimum absolute atomic E-state index is 0.213. The lowest BCUT2D eigenvalue weighted by atomic mass is 9.99. The van der Waals surface area contributed by atoms with Gasteiger partial charge in [0.05, 0.1) is 6.10 Å². The first kappa shape index (κ1) is 27.9. The molecule has 0 aliphatic carbocycles. The Kier molecular flexibility index (Phi) is 19.5. The zero-order chi connectivity index (χ0) is 21.7. The second kappa shape index (κ2) is 20.2. The fourth-order valence-corrected chi connectivity index (χ4v) is 3.60. The van der Waals surface area contributed by atoms with E-state index in [-0.39, 0.29) is 6.10 Å². The van der Waals surface area contributed by atoms with Crippen LogP contribution in [0.3, 0.4) is 0 Å². The van der Waals surface area contributed by atoms with Gasteiger partial charge in [-0.3, -0.25) is 9.59 Å². The van der Waals surface area contributed by atoms with Gasteiger partial charge in [0, 0.05) is 0 Å². The summed E-state index contributed by atoms with van der Waals surface area (Å²) in [6.07, 6.45) is 21.5. The molecule has 0 heterocycles. The molecular weight excluding hydrogens is 364 g/mol. The predicted molar refractivity (Wildman–Crippen MR) is 121 cm³/mol. The number of aliphatic carboxylic acids is 1. The lowest BCUT2D eigenvalue weighted by Crippen LogP contribution is -2.28. The standard InChI is InChI=1S/C25H48O4/c1-4-6-7-8-9-10-11-12-13-14-15-16-17-18-19-20-21-23(24(26)27)25(28)29-22(3)5-2/h22-23H,4-21H2,1-3H3,(H,26,27). The molecule has 2 atom stereocenters. The van der Waals surface area contributed by atoms with Crippen LogP contribution in [0.5, 0.6) is 0 Å². The molecule has 0 bridgehead atoms. The molecule has 1 N–H and O–H groups in total. The molecule has 0 radical (unpaired) electrons. The molecule has 0 fully saturated rings. The number of carboxylic acid groups (broad SMARTS) is 1. The van der Waals surface area contributed by atoms with Crippen molar-refractivity contribution in [1.82, 2.24) is 0 Å². The van der Waals surface area contributed by atoms with Crippen LogP contribution in [0, 0.1) is 5.92 Å². The Balaban J connectivity index is 3.49. The van der Waals surface area contributed by atoms with Crippen LogP contribution in [0.25, 0.3) is 0 Å². The van der Waals surface area contributed by atoms with Gasteiger partial charge in [0.25, 0.3) is 0 Å². The summed E-state index contributed by atoms with van der Waals surface area (Å²) < 4.78 is 5.18. The predicted octanol–water partition coefficient (Wildman–Crippen LogP) is 7.68. The van der Waals surface area contributed by atoms with Gasteiger partial charge in [-0.1, -0.05) is 117 Å². The summed E-state index contributed by atoms with van der Waals surface area (Å²) in [6, 6.07) is 0. The Hall–Kier alpha value is -1.06. The van der Waals surface area contributed by atoms with E-state index in [1.165, 1.54) is 83.5 Å². The lowest BCUT2D eigenvalue weighted by Gasteiger charge is -2.15. The molecule has 0 aromatic rings. The van der Waals surface area contributed by atoms with Crippen LogP contribution in [0.1, 0.15) is 136 Å². The highest BCUT2D eigenvalue weighted by Gasteiger charge is 2.28. The molecule has 0 saturated heterocycles. The number of unbranched alkanes of at least 4 members (excludes halogenated alkanes) is 15. The van der Waals surface area contributed by atoms with Crippen molar-refractivity contribution in [3.8, 4) is 0 Å². The van der Waals surface area contributed by atoms with E-state index in [9.17, 15) is 14.7 Å². The van der Waals surface area contributed by atoms with Crippen LogP contribution < -0.4 is 0 Å². The highest BCUT2D eigenvalue weighted by Crippen LogP contribution is 2.17. The van der Waals surface area contributed by atoms with Gasteiger partial charge in [0.2, 0.25) is 0 Å². The van der Waals surface area contributed by atoms with Gasteiger partial charge in [0.1, 0.15) is 0 Å². The molecule has 0 saturated carbocycles. The second-order valence-electron chi connectivity index (χ2n) is 8.64. The first-order valence-electron chi connectivity index (χ1n) is 12.5. The summed E-state index contributed by atoms with van der Waals surface area (Å²) in [6.45, 7) is 5.98. The highest BCUT2D eigenvalue weighted by atomic mass is 16.5. The number of rotatable bonds is 21. The van der Waals surface area contributed by atoms with Crippen molar-refractivity contribution < 1.29 is 19.4 Å². The average molecular weight is 413 g/mol. The van der Waals surface area contributed by atoms with E-state index >= 15 is 0 Å². The summed E-state index contributed by atoms with van der Waals surface area (Å²) in [7, 11) is 0. The molecule has 0 aliphatic heterocycles. The molecule has 4 heteroatoms. The van der Waals surface area contributed by atoms with Gasteiger partial charge in [-0.05, 0) is 19.8 Å². The van der Waals surface area contributed by atoms with Gasteiger partial charge in [0.15, 0.2) is 5.92 Å². The first-order chi connectivity index (χ1) is 14.0. The second-order valence-corrected chi connectivity index (χ2v) is 8.64. The van der Waals surface area contributed by atoms with Crippen LogP contribution in [0.2, 0.25) is 0 Å². The molecule has 2 unspecified atom stereocenters. The van der Waals surface area contributed by atoms with Gasteiger partial charge >= 0.3 is 11.9 Å². The maximum absolute atomic E-state index is 11.9. The largest absolute Gasteiger partial charge is 0.481 e. The molecular formula is C25H48O4. The van der Waals surface area contributed by atoms with Crippen molar-refractivity contribution in [1.29, 1.82) is 0 Å². The number of ether oxygens (including phenoxy) is 1. The summed E-state index contributed by atoms with van der Waals surface area (Å²) >= 11 is 0. The number of carbonyl (C=O) groups excluding carboxylic acids is 1. The molecule has 0 spiro atoms. The summed E-state index contributed by atoms with van der Waals surface area (Å²) in [5.74, 6) is -2.64. The van der Waals surface area contributed by atoms with Crippen molar-refractivity contribution >= 4 is 11.9 Å². The van der Waals surface area contributed by atoms with Gasteiger partial charge in [-0.15, -0.1) is 0 Å². The topological polar surface area (TPSA) is 63.6 Å². The van der Waals surface area contributed by atoms with E-state index in [2.05, 4.69) is 6.92 Å².